The Bertz CT molecular complexity index is 346. The van der Waals surface area contributed by atoms with E-state index in [2.05, 4.69) is 0 Å². The third-order valence-electron chi connectivity index (χ3n) is 2.98. The second-order valence-electron chi connectivity index (χ2n) is 5.22. The zero-order valence-electron chi connectivity index (χ0n) is 10.5. The van der Waals surface area contributed by atoms with E-state index in [1.165, 1.54) is 12.1 Å². The van der Waals surface area contributed by atoms with Gasteiger partial charge in [-0.2, -0.15) is 0 Å². The fraction of sp³-hybridized carbons (Fsp3) is 0.571. The molecule has 0 bridgehead atoms. The molecule has 0 spiro atoms. The third-order valence-corrected chi connectivity index (χ3v) is 2.98. The molecule has 1 aromatic rings. The van der Waals surface area contributed by atoms with Crippen molar-refractivity contribution in [3.63, 3.8) is 0 Å². The van der Waals surface area contributed by atoms with Gasteiger partial charge in [0.2, 0.25) is 0 Å². The molecule has 3 heteroatoms. The molecule has 0 aromatic heterocycles. The fourth-order valence-electron chi connectivity index (χ4n) is 2.31. The Kier molecular flexibility index (Phi) is 5.09. The molecule has 0 aliphatic rings. The third kappa shape index (κ3) is 4.10. The maximum Gasteiger partial charge on any atom is 0.123 e. The average Bonchev–Trinajstić information content (AvgIpc) is 2.27. The summed E-state index contributed by atoms with van der Waals surface area (Å²) in [5.74, 6) is 0.0969. The van der Waals surface area contributed by atoms with Gasteiger partial charge in [0.15, 0.2) is 0 Å². The first-order valence-electron chi connectivity index (χ1n) is 5.97. The Morgan fingerprint density at radius 3 is 2.35 bits per heavy atom. The van der Waals surface area contributed by atoms with Crippen molar-refractivity contribution in [3.05, 3.63) is 35.6 Å². The standard InChI is InChI=1S/C14H21FO2/c1-11(2)7-14(9-16,10-17)8-12-4-3-5-13(15)6-12/h3-6,11,16-17H,7-10H2,1-2H3. The molecule has 0 atom stereocenters. The maximum absolute atomic E-state index is 13.1. The van der Waals surface area contributed by atoms with Gasteiger partial charge in [0.25, 0.3) is 0 Å². The Hall–Kier alpha value is -0.930. The van der Waals surface area contributed by atoms with Crippen molar-refractivity contribution < 1.29 is 14.6 Å². The predicted octanol–water partition coefficient (Wildman–Crippen LogP) is 2.39. The van der Waals surface area contributed by atoms with Gasteiger partial charge in [-0.15, -0.1) is 0 Å². The first kappa shape index (κ1) is 14.1. The van der Waals surface area contributed by atoms with Gasteiger partial charge in [-0.25, -0.2) is 4.39 Å². The van der Waals surface area contributed by atoms with Gasteiger partial charge < -0.3 is 10.2 Å². The van der Waals surface area contributed by atoms with E-state index in [4.69, 9.17) is 0 Å². The van der Waals surface area contributed by atoms with Gasteiger partial charge in [-0.1, -0.05) is 26.0 Å². The monoisotopic (exact) mass is 240 g/mol. The van der Waals surface area contributed by atoms with Crippen LogP contribution in [0.4, 0.5) is 4.39 Å². The minimum absolute atomic E-state index is 0.0851. The van der Waals surface area contributed by atoms with Gasteiger partial charge in [-0.05, 0) is 36.5 Å². The summed E-state index contributed by atoms with van der Waals surface area (Å²) in [5, 5.41) is 19.0. The Morgan fingerprint density at radius 2 is 1.88 bits per heavy atom. The van der Waals surface area contributed by atoms with E-state index in [-0.39, 0.29) is 19.0 Å². The fourth-order valence-corrected chi connectivity index (χ4v) is 2.31. The van der Waals surface area contributed by atoms with E-state index in [9.17, 15) is 14.6 Å². The largest absolute Gasteiger partial charge is 0.396 e. The van der Waals surface area contributed by atoms with E-state index in [0.717, 1.165) is 12.0 Å². The van der Waals surface area contributed by atoms with Crippen LogP contribution in [0.15, 0.2) is 24.3 Å². The topological polar surface area (TPSA) is 40.5 Å². The molecule has 0 unspecified atom stereocenters. The van der Waals surface area contributed by atoms with Crippen molar-refractivity contribution in [1.29, 1.82) is 0 Å². The molecule has 96 valence electrons. The molecular formula is C14H21FO2. The van der Waals surface area contributed by atoms with Gasteiger partial charge in [-0.3, -0.25) is 0 Å². The summed E-state index contributed by atoms with van der Waals surface area (Å²) in [7, 11) is 0. The predicted molar refractivity (Wildman–Crippen MR) is 66.2 cm³/mol. The molecule has 17 heavy (non-hydrogen) atoms. The molecule has 0 saturated heterocycles. The van der Waals surface area contributed by atoms with Crippen molar-refractivity contribution >= 4 is 0 Å². The SMILES string of the molecule is CC(C)CC(CO)(CO)Cc1cccc(F)c1. The maximum atomic E-state index is 13.1. The number of halogens is 1. The lowest BCUT2D eigenvalue weighted by atomic mass is 9.76. The molecule has 0 heterocycles. The molecule has 0 amide bonds. The highest BCUT2D eigenvalue weighted by atomic mass is 19.1. The van der Waals surface area contributed by atoms with Gasteiger partial charge in [0, 0.05) is 5.41 Å². The summed E-state index contributed by atoms with van der Waals surface area (Å²) in [5.41, 5.74) is 0.260. The Balaban J connectivity index is 2.85. The summed E-state index contributed by atoms with van der Waals surface area (Å²) < 4.78 is 13.1. The van der Waals surface area contributed by atoms with Gasteiger partial charge in [0.05, 0.1) is 13.2 Å². The lowest BCUT2D eigenvalue weighted by Gasteiger charge is -2.31. The van der Waals surface area contributed by atoms with Gasteiger partial charge >= 0.3 is 0 Å². The summed E-state index contributed by atoms with van der Waals surface area (Å²) >= 11 is 0. The summed E-state index contributed by atoms with van der Waals surface area (Å²) in [6.45, 7) is 3.92. The summed E-state index contributed by atoms with van der Waals surface area (Å²) in [6, 6.07) is 6.33. The molecule has 1 rings (SSSR count). The lowest BCUT2D eigenvalue weighted by Crippen LogP contribution is -2.34. The molecular weight excluding hydrogens is 219 g/mol. The zero-order valence-corrected chi connectivity index (χ0v) is 10.5. The average molecular weight is 240 g/mol. The van der Waals surface area contributed by atoms with Crippen LogP contribution in [0.2, 0.25) is 0 Å². The Morgan fingerprint density at radius 1 is 1.24 bits per heavy atom. The van der Waals surface area contributed by atoms with E-state index >= 15 is 0 Å². The van der Waals surface area contributed by atoms with E-state index in [1.54, 1.807) is 6.07 Å². The molecule has 1 aromatic carbocycles. The zero-order chi connectivity index (χ0) is 12.9. The van der Waals surface area contributed by atoms with E-state index < -0.39 is 5.41 Å². The molecule has 0 aliphatic carbocycles. The highest BCUT2D eigenvalue weighted by Gasteiger charge is 2.30. The van der Waals surface area contributed by atoms with Crippen LogP contribution in [0, 0.1) is 17.2 Å². The van der Waals surface area contributed by atoms with Crippen LogP contribution in [0.3, 0.4) is 0 Å². The minimum Gasteiger partial charge on any atom is -0.396 e. The second-order valence-corrected chi connectivity index (χ2v) is 5.22. The number of hydrogen-bond acceptors (Lipinski definition) is 2. The summed E-state index contributed by atoms with van der Waals surface area (Å²) in [4.78, 5) is 0. The number of rotatable bonds is 6. The van der Waals surface area contributed by atoms with Crippen molar-refractivity contribution in [1.82, 2.24) is 0 Å². The van der Waals surface area contributed by atoms with Crippen LogP contribution in [0.5, 0.6) is 0 Å². The van der Waals surface area contributed by atoms with Crippen molar-refractivity contribution in [2.75, 3.05) is 13.2 Å². The number of aliphatic hydroxyl groups excluding tert-OH is 2. The highest BCUT2D eigenvalue weighted by molar-refractivity contribution is 5.18. The van der Waals surface area contributed by atoms with Crippen molar-refractivity contribution in [2.24, 2.45) is 11.3 Å². The normalized spacial score (nSPS) is 12.1. The van der Waals surface area contributed by atoms with Crippen LogP contribution in [-0.2, 0) is 6.42 Å². The van der Waals surface area contributed by atoms with Crippen LogP contribution >= 0.6 is 0 Å². The van der Waals surface area contributed by atoms with Crippen molar-refractivity contribution in [3.8, 4) is 0 Å². The van der Waals surface area contributed by atoms with Crippen LogP contribution in [0.1, 0.15) is 25.8 Å². The molecule has 0 radical (unpaired) electrons. The number of aliphatic hydroxyl groups is 2. The van der Waals surface area contributed by atoms with Crippen molar-refractivity contribution in [2.45, 2.75) is 26.7 Å². The number of benzene rings is 1. The van der Waals surface area contributed by atoms with Crippen LogP contribution in [-0.4, -0.2) is 23.4 Å². The second kappa shape index (κ2) is 6.12. The highest BCUT2D eigenvalue weighted by Crippen LogP contribution is 2.30. The molecule has 0 fully saturated rings. The first-order valence-corrected chi connectivity index (χ1v) is 5.97. The molecule has 0 aliphatic heterocycles. The number of hydrogen-bond donors (Lipinski definition) is 2. The molecule has 2 N–H and O–H groups in total. The van der Waals surface area contributed by atoms with E-state index in [1.807, 2.05) is 19.9 Å². The smallest absolute Gasteiger partial charge is 0.123 e. The lowest BCUT2D eigenvalue weighted by molar-refractivity contribution is 0.0369. The quantitative estimate of drug-likeness (QED) is 0.801. The van der Waals surface area contributed by atoms with Gasteiger partial charge in [0.1, 0.15) is 5.82 Å². The minimum atomic E-state index is -0.554. The molecule has 0 saturated carbocycles. The van der Waals surface area contributed by atoms with E-state index in [0.29, 0.717) is 12.3 Å². The van der Waals surface area contributed by atoms with Crippen LogP contribution < -0.4 is 0 Å². The summed E-state index contributed by atoms with van der Waals surface area (Å²) in [6.07, 6.45) is 1.21. The first-order chi connectivity index (χ1) is 8.01. The molecule has 2 nitrogen and oxygen atoms in total. The van der Waals surface area contributed by atoms with Crippen LogP contribution in [0.25, 0.3) is 0 Å². The Labute approximate surface area is 102 Å².